The SMILES string of the molecule is CC(C)(C)C(=O)OCOc1ccc2c(c1)[C@]13CCCCC1CC(C2)C3. The van der Waals surface area contributed by atoms with Gasteiger partial charge in [-0.2, -0.15) is 0 Å². The van der Waals surface area contributed by atoms with Gasteiger partial charge in [0.2, 0.25) is 6.79 Å². The van der Waals surface area contributed by atoms with Gasteiger partial charge < -0.3 is 9.47 Å². The van der Waals surface area contributed by atoms with E-state index >= 15 is 0 Å². The van der Waals surface area contributed by atoms with Crippen LogP contribution in [-0.2, 0) is 21.4 Å². The number of rotatable bonds is 3. The number of fused-ring (bicyclic) bond motifs is 2. The largest absolute Gasteiger partial charge is 0.457 e. The van der Waals surface area contributed by atoms with Gasteiger partial charge in [0, 0.05) is 0 Å². The quantitative estimate of drug-likeness (QED) is 0.572. The molecule has 0 aromatic heterocycles. The molecule has 3 atom stereocenters. The zero-order valence-electron chi connectivity index (χ0n) is 15.8. The average Bonchev–Trinajstić information content (AvgIpc) is 2.88. The summed E-state index contributed by atoms with van der Waals surface area (Å²) >= 11 is 0. The van der Waals surface area contributed by atoms with E-state index in [1.165, 1.54) is 56.1 Å². The Morgan fingerprint density at radius 1 is 1.28 bits per heavy atom. The molecule has 3 aliphatic carbocycles. The Labute approximate surface area is 151 Å². The van der Waals surface area contributed by atoms with Gasteiger partial charge in [-0.05, 0) is 93.4 Å². The van der Waals surface area contributed by atoms with E-state index in [0.29, 0.717) is 5.41 Å². The second-order valence-electron chi connectivity index (χ2n) is 9.37. The van der Waals surface area contributed by atoms with Gasteiger partial charge in [-0.3, -0.25) is 4.79 Å². The van der Waals surface area contributed by atoms with Crippen molar-refractivity contribution < 1.29 is 14.3 Å². The number of carbonyl (C=O) groups excluding carboxylic acids is 1. The smallest absolute Gasteiger partial charge is 0.314 e. The second kappa shape index (κ2) is 6.03. The first kappa shape index (κ1) is 16.9. The molecule has 3 nitrogen and oxygen atoms in total. The van der Waals surface area contributed by atoms with Gasteiger partial charge in [0.25, 0.3) is 0 Å². The highest BCUT2D eigenvalue weighted by Gasteiger charge is 2.52. The zero-order chi connectivity index (χ0) is 17.7. The molecule has 2 fully saturated rings. The molecule has 4 rings (SSSR count). The predicted octanol–water partition coefficient (Wildman–Crippen LogP) is 5.01. The van der Waals surface area contributed by atoms with Gasteiger partial charge in [-0.1, -0.05) is 18.9 Å². The van der Waals surface area contributed by atoms with Crippen molar-refractivity contribution in [3.8, 4) is 5.75 Å². The standard InChI is InChI=1S/C22H30O3/c1-21(2,3)20(23)25-14-24-18-8-7-16-10-15-11-17-6-4-5-9-22(17,13-15)19(16)12-18/h7-8,12,15,17H,4-6,9-11,13-14H2,1-3H3/t15?,17?,22-/m0/s1. The van der Waals surface area contributed by atoms with Gasteiger partial charge in [0.15, 0.2) is 0 Å². The first-order chi connectivity index (χ1) is 11.9. The lowest BCUT2D eigenvalue weighted by molar-refractivity contribution is -0.159. The fraction of sp³-hybridized carbons (Fsp3) is 0.682. The lowest BCUT2D eigenvalue weighted by Crippen LogP contribution is -2.36. The first-order valence-electron chi connectivity index (χ1n) is 9.82. The molecule has 2 saturated carbocycles. The molecule has 0 radical (unpaired) electrons. The molecule has 1 aromatic carbocycles. The number of benzene rings is 1. The van der Waals surface area contributed by atoms with Crippen LogP contribution in [0.25, 0.3) is 0 Å². The summed E-state index contributed by atoms with van der Waals surface area (Å²) in [4.78, 5) is 11.9. The molecule has 3 heteroatoms. The molecular formula is C22H30O3. The van der Waals surface area contributed by atoms with Crippen molar-refractivity contribution in [3.63, 3.8) is 0 Å². The third-order valence-corrected chi connectivity index (χ3v) is 6.63. The monoisotopic (exact) mass is 342 g/mol. The molecule has 3 aliphatic rings. The Hall–Kier alpha value is -1.51. The topological polar surface area (TPSA) is 35.5 Å². The Balaban J connectivity index is 1.51. The minimum atomic E-state index is -0.494. The lowest BCUT2D eigenvalue weighted by atomic mass is 9.61. The first-order valence-corrected chi connectivity index (χ1v) is 9.82. The van der Waals surface area contributed by atoms with Crippen LogP contribution >= 0.6 is 0 Å². The maximum atomic E-state index is 11.9. The lowest BCUT2D eigenvalue weighted by Gasteiger charge is -2.43. The normalized spacial score (nSPS) is 30.4. The van der Waals surface area contributed by atoms with Crippen molar-refractivity contribution in [2.24, 2.45) is 17.3 Å². The minimum absolute atomic E-state index is 0.00601. The van der Waals surface area contributed by atoms with Crippen LogP contribution in [0.1, 0.15) is 70.4 Å². The van der Waals surface area contributed by atoms with Crippen LogP contribution in [0.2, 0.25) is 0 Å². The zero-order valence-corrected chi connectivity index (χ0v) is 15.8. The molecule has 1 aromatic rings. The number of carbonyl (C=O) groups is 1. The molecule has 0 amide bonds. The van der Waals surface area contributed by atoms with Crippen molar-refractivity contribution in [1.82, 2.24) is 0 Å². The molecule has 2 unspecified atom stereocenters. The number of hydrogen-bond acceptors (Lipinski definition) is 3. The van der Waals surface area contributed by atoms with E-state index in [1.54, 1.807) is 0 Å². The van der Waals surface area contributed by atoms with Crippen LogP contribution in [0.5, 0.6) is 5.75 Å². The van der Waals surface area contributed by atoms with Crippen LogP contribution in [0.3, 0.4) is 0 Å². The fourth-order valence-electron chi connectivity index (χ4n) is 5.51. The number of esters is 1. The molecular weight excluding hydrogens is 312 g/mol. The third-order valence-electron chi connectivity index (χ3n) is 6.63. The van der Waals surface area contributed by atoms with E-state index in [2.05, 4.69) is 12.1 Å². The second-order valence-corrected chi connectivity index (χ2v) is 9.37. The Bertz CT molecular complexity index is 672. The summed E-state index contributed by atoms with van der Waals surface area (Å²) in [5, 5.41) is 0. The van der Waals surface area contributed by atoms with E-state index in [9.17, 15) is 4.79 Å². The van der Waals surface area contributed by atoms with Crippen molar-refractivity contribution >= 4 is 5.97 Å². The van der Waals surface area contributed by atoms with E-state index in [-0.39, 0.29) is 12.8 Å². The Morgan fingerprint density at radius 3 is 2.92 bits per heavy atom. The van der Waals surface area contributed by atoms with Gasteiger partial charge in [-0.25, -0.2) is 0 Å². The van der Waals surface area contributed by atoms with Crippen molar-refractivity contribution in [2.75, 3.05) is 6.79 Å². The molecule has 0 N–H and O–H groups in total. The maximum Gasteiger partial charge on any atom is 0.314 e. The van der Waals surface area contributed by atoms with Gasteiger partial charge in [0.05, 0.1) is 5.41 Å². The fourth-order valence-corrected chi connectivity index (χ4v) is 5.51. The number of ether oxygens (including phenoxy) is 2. The molecule has 0 saturated heterocycles. The number of hydrogen-bond donors (Lipinski definition) is 0. The van der Waals surface area contributed by atoms with Crippen LogP contribution in [0.15, 0.2) is 18.2 Å². The molecule has 25 heavy (non-hydrogen) atoms. The van der Waals surface area contributed by atoms with Crippen LogP contribution in [0.4, 0.5) is 0 Å². The molecule has 2 bridgehead atoms. The summed E-state index contributed by atoms with van der Waals surface area (Å²) < 4.78 is 11.0. The van der Waals surface area contributed by atoms with E-state index in [0.717, 1.165) is 17.6 Å². The summed E-state index contributed by atoms with van der Waals surface area (Å²) in [6.45, 7) is 5.56. The van der Waals surface area contributed by atoms with E-state index in [1.807, 2.05) is 26.8 Å². The Morgan fingerprint density at radius 2 is 2.12 bits per heavy atom. The summed E-state index contributed by atoms with van der Waals surface area (Å²) in [7, 11) is 0. The average molecular weight is 342 g/mol. The summed E-state index contributed by atoms with van der Waals surface area (Å²) in [6, 6.07) is 6.55. The van der Waals surface area contributed by atoms with Gasteiger partial charge in [0.1, 0.15) is 5.75 Å². The van der Waals surface area contributed by atoms with E-state index in [4.69, 9.17) is 9.47 Å². The molecule has 1 spiro atoms. The van der Waals surface area contributed by atoms with Crippen LogP contribution in [-0.4, -0.2) is 12.8 Å². The van der Waals surface area contributed by atoms with Crippen molar-refractivity contribution in [1.29, 1.82) is 0 Å². The highest BCUT2D eigenvalue weighted by molar-refractivity contribution is 5.75. The third kappa shape index (κ3) is 2.96. The van der Waals surface area contributed by atoms with Gasteiger partial charge in [-0.15, -0.1) is 0 Å². The van der Waals surface area contributed by atoms with Crippen LogP contribution in [0, 0.1) is 17.3 Å². The minimum Gasteiger partial charge on any atom is -0.457 e. The van der Waals surface area contributed by atoms with E-state index < -0.39 is 5.41 Å². The maximum absolute atomic E-state index is 11.9. The highest BCUT2D eigenvalue weighted by Crippen LogP contribution is 2.60. The molecule has 136 valence electrons. The summed E-state index contributed by atoms with van der Waals surface area (Å²) in [6.07, 6.45) is 9.49. The predicted molar refractivity (Wildman–Crippen MR) is 97.5 cm³/mol. The summed E-state index contributed by atoms with van der Waals surface area (Å²) in [5.41, 5.74) is 2.97. The van der Waals surface area contributed by atoms with Gasteiger partial charge >= 0.3 is 5.97 Å². The van der Waals surface area contributed by atoms with Crippen molar-refractivity contribution in [3.05, 3.63) is 29.3 Å². The highest BCUT2D eigenvalue weighted by atomic mass is 16.7. The van der Waals surface area contributed by atoms with Crippen molar-refractivity contribution in [2.45, 2.75) is 71.1 Å². The molecule has 0 aliphatic heterocycles. The summed E-state index contributed by atoms with van der Waals surface area (Å²) in [5.74, 6) is 2.36. The molecule has 0 heterocycles. The van der Waals surface area contributed by atoms with Crippen LogP contribution < -0.4 is 4.74 Å². The Kier molecular flexibility index (Phi) is 4.09.